The molecule has 0 bridgehead atoms. The zero-order chi connectivity index (χ0) is 17.8. The summed E-state index contributed by atoms with van der Waals surface area (Å²) < 4.78 is 0. The summed E-state index contributed by atoms with van der Waals surface area (Å²) in [5, 5.41) is 0. The Kier molecular flexibility index (Phi) is 5.53. The van der Waals surface area contributed by atoms with Crippen LogP contribution in [0.4, 0.5) is 0 Å². The number of piperazine rings is 1. The van der Waals surface area contributed by atoms with Crippen LogP contribution in [0.15, 0.2) is 36.4 Å². The van der Waals surface area contributed by atoms with Crippen molar-refractivity contribution in [1.29, 1.82) is 0 Å². The molecule has 0 atom stereocenters. The molecule has 2 aromatic rings. The van der Waals surface area contributed by atoms with Crippen LogP contribution in [0.2, 0.25) is 0 Å². The van der Waals surface area contributed by atoms with Crippen LogP contribution in [0, 0.1) is 13.8 Å². The molecule has 1 aromatic carbocycles. The van der Waals surface area contributed by atoms with E-state index in [-0.39, 0.29) is 11.8 Å². The normalized spacial score (nSPS) is 14.6. The Balaban J connectivity index is 1.48. The van der Waals surface area contributed by atoms with Crippen LogP contribution < -0.4 is 0 Å². The smallest absolute Gasteiger partial charge is 0.264 e. The molecule has 1 aliphatic rings. The van der Waals surface area contributed by atoms with Gasteiger partial charge in [0, 0.05) is 37.5 Å². The van der Waals surface area contributed by atoms with E-state index in [0.29, 0.717) is 32.6 Å². The number of thiophene rings is 1. The molecule has 1 aromatic heterocycles. The number of aryl methyl sites for hydroxylation is 3. The molecule has 2 heterocycles. The molecule has 0 aliphatic carbocycles. The molecule has 1 aliphatic heterocycles. The predicted octanol–water partition coefficient (Wildman–Crippen LogP) is 3.28. The Morgan fingerprint density at radius 2 is 1.72 bits per heavy atom. The highest BCUT2D eigenvalue weighted by atomic mass is 32.1. The van der Waals surface area contributed by atoms with Crippen molar-refractivity contribution in [2.75, 3.05) is 26.2 Å². The number of nitrogens with zero attached hydrogens (tertiary/aromatic N) is 2. The number of carbonyl (C=O) groups is 2. The van der Waals surface area contributed by atoms with Crippen molar-refractivity contribution in [3.8, 4) is 0 Å². The maximum absolute atomic E-state index is 12.5. The second-order valence-corrected chi connectivity index (χ2v) is 7.86. The van der Waals surface area contributed by atoms with E-state index in [0.717, 1.165) is 16.2 Å². The molecule has 5 heteroatoms. The van der Waals surface area contributed by atoms with Crippen LogP contribution in [-0.2, 0) is 11.2 Å². The lowest BCUT2D eigenvalue weighted by Crippen LogP contribution is -2.50. The summed E-state index contributed by atoms with van der Waals surface area (Å²) in [6.07, 6.45) is 1.30. The fraction of sp³-hybridized carbons (Fsp3) is 0.400. The summed E-state index contributed by atoms with van der Waals surface area (Å²) in [5.74, 6) is 0.269. The van der Waals surface area contributed by atoms with Crippen molar-refractivity contribution in [3.63, 3.8) is 0 Å². The van der Waals surface area contributed by atoms with E-state index < -0.39 is 0 Å². The van der Waals surface area contributed by atoms with Gasteiger partial charge in [-0.25, -0.2) is 0 Å². The second kappa shape index (κ2) is 7.83. The van der Waals surface area contributed by atoms with Crippen molar-refractivity contribution in [1.82, 2.24) is 9.80 Å². The number of carbonyl (C=O) groups excluding carboxylic acids is 2. The first-order valence-corrected chi connectivity index (χ1v) is 9.53. The first-order chi connectivity index (χ1) is 12.0. The van der Waals surface area contributed by atoms with E-state index in [1.165, 1.54) is 22.5 Å². The molecule has 2 amide bonds. The van der Waals surface area contributed by atoms with Crippen LogP contribution in [-0.4, -0.2) is 47.8 Å². The average Bonchev–Trinajstić information content (AvgIpc) is 3.06. The summed E-state index contributed by atoms with van der Waals surface area (Å²) >= 11 is 1.53. The minimum absolute atomic E-state index is 0.0879. The molecule has 0 unspecified atom stereocenters. The summed E-state index contributed by atoms with van der Waals surface area (Å²) in [6.45, 7) is 6.56. The minimum Gasteiger partial charge on any atom is -0.339 e. The molecule has 25 heavy (non-hydrogen) atoms. The lowest BCUT2D eigenvalue weighted by atomic mass is 10.1. The maximum atomic E-state index is 12.5. The molecular formula is C20H24N2O2S. The number of hydrogen-bond acceptors (Lipinski definition) is 3. The number of hydrogen-bond donors (Lipinski definition) is 0. The lowest BCUT2D eigenvalue weighted by molar-refractivity contribution is -0.132. The molecule has 3 rings (SSSR count). The minimum atomic E-state index is 0.0879. The molecule has 1 fully saturated rings. The van der Waals surface area contributed by atoms with E-state index in [2.05, 4.69) is 25.1 Å². The van der Waals surface area contributed by atoms with Gasteiger partial charge < -0.3 is 9.80 Å². The molecule has 0 N–H and O–H groups in total. The highest BCUT2D eigenvalue weighted by molar-refractivity contribution is 7.13. The van der Waals surface area contributed by atoms with Gasteiger partial charge in [0.15, 0.2) is 0 Å². The maximum Gasteiger partial charge on any atom is 0.264 e. The average molecular weight is 356 g/mol. The Morgan fingerprint density at radius 1 is 1.00 bits per heavy atom. The van der Waals surface area contributed by atoms with E-state index >= 15 is 0 Å². The number of amides is 2. The van der Waals surface area contributed by atoms with Crippen LogP contribution in [0.1, 0.15) is 32.1 Å². The number of benzene rings is 1. The summed E-state index contributed by atoms with van der Waals surface area (Å²) in [4.78, 5) is 30.6. The molecule has 1 saturated heterocycles. The Morgan fingerprint density at radius 3 is 2.36 bits per heavy atom. The molecular weight excluding hydrogens is 332 g/mol. The quantitative estimate of drug-likeness (QED) is 0.843. The highest BCUT2D eigenvalue weighted by Crippen LogP contribution is 2.18. The van der Waals surface area contributed by atoms with Crippen LogP contribution >= 0.6 is 11.3 Å². The van der Waals surface area contributed by atoms with E-state index in [4.69, 9.17) is 0 Å². The topological polar surface area (TPSA) is 40.6 Å². The van der Waals surface area contributed by atoms with E-state index in [9.17, 15) is 9.59 Å². The van der Waals surface area contributed by atoms with Crippen molar-refractivity contribution in [3.05, 3.63) is 57.3 Å². The fourth-order valence-electron chi connectivity index (χ4n) is 3.14. The molecule has 132 valence electrons. The zero-order valence-corrected chi connectivity index (χ0v) is 15.6. The molecule has 4 nitrogen and oxygen atoms in total. The summed E-state index contributed by atoms with van der Waals surface area (Å²) in [5.41, 5.74) is 2.43. The fourth-order valence-corrected chi connectivity index (χ4v) is 3.98. The third-order valence-corrected chi connectivity index (χ3v) is 5.57. The largest absolute Gasteiger partial charge is 0.339 e. The SMILES string of the molecule is Cc1cccc(CCC(=O)N2CCN(C(=O)c3ccc(C)s3)CC2)c1. The van der Waals surface area contributed by atoms with Crippen LogP contribution in [0.25, 0.3) is 0 Å². The van der Waals surface area contributed by atoms with Gasteiger partial charge in [-0.05, 0) is 38.0 Å². The van der Waals surface area contributed by atoms with Gasteiger partial charge >= 0.3 is 0 Å². The van der Waals surface area contributed by atoms with Gasteiger partial charge in [0.05, 0.1) is 4.88 Å². The van der Waals surface area contributed by atoms with Crippen molar-refractivity contribution in [2.24, 2.45) is 0 Å². The van der Waals surface area contributed by atoms with Gasteiger partial charge in [0.1, 0.15) is 0 Å². The Bertz CT molecular complexity index is 761. The van der Waals surface area contributed by atoms with E-state index in [1.54, 1.807) is 0 Å². The second-order valence-electron chi connectivity index (χ2n) is 6.57. The standard InChI is InChI=1S/C20H24N2O2S/c1-15-4-3-5-17(14-15)7-9-19(23)21-10-12-22(13-11-21)20(24)18-8-6-16(2)25-18/h3-6,8,14H,7,9-13H2,1-2H3. The zero-order valence-electron chi connectivity index (χ0n) is 14.8. The van der Waals surface area contributed by atoms with Gasteiger partial charge in [0.2, 0.25) is 5.91 Å². The lowest BCUT2D eigenvalue weighted by Gasteiger charge is -2.34. The molecule has 0 saturated carbocycles. The molecule has 0 radical (unpaired) electrons. The Labute approximate surface area is 153 Å². The van der Waals surface area contributed by atoms with Crippen molar-refractivity contribution in [2.45, 2.75) is 26.7 Å². The van der Waals surface area contributed by atoms with Gasteiger partial charge in [-0.3, -0.25) is 9.59 Å². The third kappa shape index (κ3) is 4.48. The van der Waals surface area contributed by atoms with Gasteiger partial charge in [-0.2, -0.15) is 0 Å². The monoisotopic (exact) mass is 356 g/mol. The Hall–Kier alpha value is -2.14. The van der Waals surface area contributed by atoms with E-state index in [1.807, 2.05) is 34.9 Å². The predicted molar refractivity (Wildman–Crippen MR) is 101 cm³/mol. The summed E-state index contributed by atoms with van der Waals surface area (Å²) in [7, 11) is 0. The molecule has 0 spiro atoms. The third-order valence-electron chi connectivity index (χ3n) is 4.58. The van der Waals surface area contributed by atoms with Crippen LogP contribution in [0.3, 0.4) is 0 Å². The van der Waals surface area contributed by atoms with Crippen LogP contribution in [0.5, 0.6) is 0 Å². The van der Waals surface area contributed by atoms with Crippen molar-refractivity contribution < 1.29 is 9.59 Å². The number of rotatable bonds is 4. The highest BCUT2D eigenvalue weighted by Gasteiger charge is 2.25. The van der Waals surface area contributed by atoms with Gasteiger partial charge in [-0.1, -0.05) is 29.8 Å². The first-order valence-electron chi connectivity index (χ1n) is 8.72. The first kappa shape index (κ1) is 17.7. The summed E-state index contributed by atoms with van der Waals surface area (Å²) in [6, 6.07) is 12.2. The van der Waals surface area contributed by atoms with Gasteiger partial charge in [0.25, 0.3) is 5.91 Å². The van der Waals surface area contributed by atoms with Gasteiger partial charge in [-0.15, -0.1) is 11.3 Å². The van der Waals surface area contributed by atoms with Crippen molar-refractivity contribution >= 4 is 23.2 Å².